The molecule has 108 valence electrons. The molecule has 1 amide bonds. The number of amides is 1. The Morgan fingerprint density at radius 2 is 2.00 bits per heavy atom. The third-order valence-electron chi connectivity index (χ3n) is 3.32. The first-order valence-corrected chi connectivity index (χ1v) is 6.95. The fraction of sp³-hybridized carbons (Fsp3) is 0.467. The van der Waals surface area contributed by atoms with Crippen LogP contribution in [-0.4, -0.2) is 30.1 Å². The highest BCUT2D eigenvalue weighted by atomic mass is 16.4. The van der Waals surface area contributed by atoms with E-state index in [4.69, 9.17) is 5.11 Å². The van der Waals surface area contributed by atoms with E-state index in [2.05, 4.69) is 10.6 Å². The SMILES string of the molecule is O=C(O)CCc1ccccc1NC(=O)CNCC1CC1. The summed E-state index contributed by atoms with van der Waals surface area (Å²) in [5, 5.41) is 14.7. The summed E-state index contributed by atoms with van der Waals surface area (Å²) in [7, 11) is 0. The minimum atomic E-state index is -0.836. The highest BCUT2D eigenvalue weighted by molar-refractivity contribution is 5.93. The van der Waals surface area contributed by atoms with Crippen molar-refractivity contribution in [3.63, 3.8) is 0 Å². The molecule has 0 bridgehead atoms. The van der Waals surface area contributed by atoms with E-state index in [9.17, 15) is 9.59 Å². The first kappa shape index (κ1) is 14.5. The van der Waals surface area contributed by atoms with E-state index in [1.807, 2.05) is 18.2 Å². The number of para-hydroxylation sites is 1. The summed E-state index contributed by atoms with van der Waals surface area (Å²) in [6.07, 6.45) is 2.99. The number of nitrogens with one attached hydrogen (secondary N) is 2. The first-order chi connectivity index (χ1) is 9.65. The van der Waals surface area contributed by atoms with Gasteiger partial charge in [-0.25, -0.2) is 0 Å². The Morgan fingerprint density at radius 3 is 2.70 bits per heavy atom. The number of carbonyl (C=O) groups is 2. The van der Waals surface area contributed by atoms with Crippen LogP contribution in [0.5, 0.6) is 0 Å². The number of aryl methyl sites for hydroxylation is 1. The van der Waals surface area contributed by atoms with Gasteiger partial charge in [-0.15, -0.1) is 0 Å². The van der Waals surface area contributed by atoms with Gasteiger partial charge >= 0.3 is 5.97 Å². The van der Waals surface area contributed by atoms with E-state index in [0.717, 1.165) is 18.0 Å². The van der Waals surface area contributed by atoms with Crippen molar-refractivity contribution >= 4 is 17.6 Å². The van der Waals surface area contributed by atoms with Gasteiger partial charge in [0.05, 0.1) is 6.54 Å². The second-order valence-corrected chi connectivity index (χ2v) is 5.17. The van der Waals surface area contributed by atoms with Crippen LogP contribution in [0.4, 0.5) is 5.69 Å². The van der Waals surface area contributed by atoms with Crippen molar-refractivity contribution in [2.45, 2.75) is 25.7 Å². The van der Waals surface area contributed by atoms with Gasteiger partial charge in [0.2, 0.25) is 5.91 Å². The largest absolute Gasteiger partial charge is 0.481 e. The normalized spacial score (nSPS) is 14.0. The molecule has 3 N–H and O–H groups in total. The van der Waals surface area contributed by atoms with E-state index in [-0.39, 0.29) is 12.3 Å². The summed E-state index contributed by atoms with van der Waals surface area (Å²) >= 11 is 0. The molecule has 0 unspecified atom stereocenters. The second-order valence-electron chi connectivity index (χ2n) is 5.17. The van der Waals surface area contributed by atoms with Gasteiger partial charge in [-0.05, 0) is 43.4 Å². The van der Waals surface area contributed by atoms with Gasteiger partial charge in [0, 0.05) is 12.1 Å². The molecular weight excluding hydrogens is 256 g/mol. The highest BCUT2D eigenvalue weighted by Crippen LogP contribution is 2.27. The number of rotatable bonds is 8. The molecule has 20 heavy (non-hydrogen) atoms. The molecular formula is C15H20N2O3. The third-order valence-corrected chi connectivity index (χ3v) is 3.32. The molecule has 1 aliphatic rings. The molecule has 0 atom stereocenters. The lowest BCUT2D eigenvalue weighted by Gasteiger charge is -2.10. The van der Waals surface area contributed by atoms with Crippen LogP contribution in [-0.2, 0) is 16.0 Å². The van der Waals surface area contributed by atoms with Crippen molar-refractivity contribution in [1.29, 1.82) is 0 Å². The van der Waals surface area contributed by atoms with Crippen LogP contribution in [0, 0.1) is 5.92 Å². The second kappa shape index (κ2) is 7.05. The van der Waals surface area contributed by atoms with Gasteiger partial charge < -0.3 is 15.7 Å². The van der Waals surface area contributed by atoms with Crippen LogP contribution in [0.15, 0.2) is 24.3 Å². The van der Waals surface area contributed by atoms with Gasteiger partial charge in [-0.1, -0.05) is 18.2 Å². The number of anilines is 1. The minimum absolute atomic E-state index is 0.0623. The Hall–Kier alpha value is -1.88. The molecule has 0 radical (unpaired) electrons. The Bertz CT molecular complexity index is 484. The molecule has 0 spiro atoms. The van der Waals surface area contributed by atoms with E-state index in [1.165, 1.54) is 12.8 Å². The Balaban J connectivity index is 1.83. The van der Waals surface area contributed by atoms with Crippen molar-refractivity contribution in [1.82, 2.24) is 5.32 Å². The Labute approximate surface area is 118 Å². The number of hydrogen-bond donors (Lipinski definition) is 3. The maximum Gasteiger partial charge on any atom is 0.303 e. The number of carboxylic acid groups (broad SMARTS) is 1. The zero-order valence-electron chi connectivity index (χ0n) is 11.4. The fourth-order valence-corrected chi connectivity index (χ4v) is 2.01. The van der Waals surface area contributed by atoms with Crippen LogP contribution in [0.2, 0.25) is 0 Å². The van der Waals surface area contributed by atoms with Gasteiger partial charge in [-0.2, -0.15) is 0 Å². The van der Waals surface area contributed by atoms with Gasteiger partial charge in [0.15, 0.2) is 0 Å². The number of hydrogen-bond acceptors (Lipinski definition) is 3. The average Bonchev–Trinajstić information content (AvgIpc) is 3.22. The number of carboxylic acids is 1. The molecule has 5 heteroatoms. The van der Waals surface area contributed by atoms with Crippen LogP contribution in [0.25, 0.3) is 0 Å². The molecule has 5 nitrogen and oxygen atoms in total. The highest BCUT2D eigenvalue weighted by Gasteiger charge is 2.20. The van der Waals surface area contributed by atoms with Crippen molar-refractivity contribution in [2.24, 2.45) is 5.92 Å². The van der Waals surface area contributed by atoms with Crippen LogP contribution in [0.1, 0.15) is 24.8 Å². The van der Waals surface area contributed by atoms with Crippen molar-refractivity contribution in [2.75, 3.05) is 18.4 Å². The molecule has 0 saturated heterocycles. The molecule has 1 aliphatic carbocycles. The van der Waals surface area contributed by atoms with Crippen molar-refractivity contribution in [3.8, 4) is 0 Å². The van der Waals surface area contributed by atoms with Gasteiger partial charge in [-0.3, -0.25) is 9.59 Å². The number of carbonyl (C=O) groups excluding carboxylic acids is 1. The molecule has 0 heterocycles. The van der Waals surface area contributed by atoms with Crippen LogP contribution >= 0.6 is 0 Å². The monoisotopic (exact) mass is 276 g/mol. The standard InChI is InChI=1S/C15H20N2O3/c18-14(10-16-9-11-5-6-11)17-13-4-2-1-3-12(13)7-8-15(19)20/h1-4,11,16H,5-10H2,(H,17,18)(H,19,20). The Kier molecular flexibility index (Phi) is 5.12. The predicted octanol–water partition coefficient (Wildman–Crippen LogP) is 1.64. The minimum Gasteiger partial charge on any atom is -0.481 e. The summed E-state index contributed by atoms with van der Waals surface area (Å²) in [5.41, 5.74) is 1.55. The molecule has 0 aliphatic heterocycles. The topological polar surface area (TPSA) is 78.4 Å². The third kappa shape index (κ3) is 5.01. The smallest absolute Gasteiger partial charge is 0.303 e. The summed E-state index contributed by atoms with van der Waals surface area (Å²) in [6.45, 7) is 1.19. The quantitative estimate of drug-likeness (QED) is 0.674. The summed E-state index contributed by atoms with van der Waals surface area (Å²) in [5.74, 6) is -0.184. The van der Waals surface area contributed by atoms with Crippen molar-refractivity contribution < 1.29 is 14.7 Å². The molecule has 1 fully saturated rings. The number of aliphatic carboxylic acids is 1. The Morgan fingerprint density at radius 1 is 1.25 bits per heavy atom. The van der Waals surface area contributed by atoms with Gasteiger partial charge in [0.25, 0.3) is 0 Å². The lowest BCUT2D eigenvalue weighted by atomic mass is 10.1. The van der Waals surface area contributed by atoms with Crippen molar-refractivity contribution in [3.05, 3.63) is 29.8 Å². The number of benzene rings is 1. The maximum absolute atomic E-state index is 11.8. The zero-order chi connectivity index (χ0) is 14.4. The molecule has 1 saturated carbocycles. The lowest BCUT2D eigenvalue weighted by Crippen LogP contribution is -2.29. The summed E-state index contributed by atoms with van der Waals surface area (Å²) in [4.78, 5) is 22.4. The predicted molar refractivity (Wildman–Crippen MR) is 76.6 cm³/mol. The molecule has 1 aromatic rings. The average molecular weight is 276 g/mol. The first-order valence-electron chi connectivity index (χ1n) is 6.95. The van der Waals surface area contributed by atoms with E-state index < -0.39 is 5.97 Å². The maximum atomic E-state index is 11.8. The van der Waals surface area contributed by atoms with E-state index in [1.54, 1.807) is 6.07 Å². The van der Waals surface area contributed by atoms with Crippen LogP contribution in [0.3, 0.4) is 0 Å². The van der Waals surface area contributed by atoms with E-state index >= 15 is 0 Å². The zero-order valence-corrected chi connectivity index (χ0v) is 11.4. The molecule has 0 aromatic heterocycles. The van der Waals surface area contributed by atoms with Gasteiger partial charge in [0.1, 0.15) is 0 Å². The molecule has 1 aromatic carbocycles. The summed E-state index contributed by atoms with van der Waals surface area (Å²) in [6, 6.07) is 7.32. The lowest BCUT2D eigenvalue weighted by molar-refractivity contribution is -0.136. The fourth-order valence-electron chi connectivity index (χ4n) is 2.01. The van der Waals surface area contributed by atoms with Crippen LogP contribution < -0.4 is 10.6 Å². The summed E-state index contributed by atoms with van der Waals surface area (Å²) < 4.78 is 0. The van der Waals surface area contributed by atoms with E-state index in [0.29, 0.717) is 18.7 Å². The molecule has 2 rings (SSSR count).